The van der Waals surface area contributed by atoms with Crippen molar-refractivity contribution in [2.45, 2.75) is 30.6 Å². The molecule has 0 aliphatic carbocycles. The van der Waals surface area contributed by atoms with Gasteiger partial charge in [0.1, 0.15) is 0 Å². The zero-order chi connectivity index (χ0) is 22.4. The maximum atomic E-state index is 12.7. The first-order valence-electron chi connectivity index (χ1n) is 9.75. The smallest absolute Gasteiger partial charge is 0.310 e. The predicted octanol–water partition coefficient (Wildman–Crippen LogP) is 3.89. The van der Waals surface area contributed by atoms with Crippen LogP contribution in [-0.2, 0) is 30.8 Å². The number of benzene rings is 2. The van der Waals surface area contributed by atoms with Gasteiger partial charge in [-0.3, -0.25) is 9.59 Å². The first-order valence-corrected chi connectivity index (χ1v) is 11.9. The van der Waals surface area contributed by atoms with Gasteiger partial charge in [-0.2, -0.15) is 4.31 Å². The highest BCUT2D eigenvalue weighted by molar-refractivity contribution is 7.89. The number of piperidine rings is 1. The van der Waals surface area contributed by atoms with Gasteiger partial charge in [-0.25, -0.2) is 8.42 Å². The molecule has 1 amide bonds. The maximum Gasteiger partial charge on any atom is 0.310 e. The molecule has 1 heterocycles. The summed E-state index contributed by atoms with van der Waals surface area (Å²) < 4.78 is 31.8. The van der Waals surface area contributed by atoms with E-state index in [1.807, 2.05) is 0 Å². The monoisotopic (exact) mass is 484 g/mol. The zero-order valence-corrected chi connectivity index (χ0v) is 19.0. The predicted molar refractivity (Wildman–Crippen MR) is 119 cm³/mol. The first-order chi connectivity index (χ1) is 14.8. The normalized spacial score (nSPS) is 14.8. The number of anilines is 1. The molecule has 0 unspecified atom stereocenters. The summed E-state index contributed by atoms with van der Waals surface area (Å²) in [6.07, 6.45) is 2.70. The quantitative estimate of drug-likeness (QED) is 0.601. The molecule has 31 heavy (non-hydrogen) atoms. The minimum absolute atomic E-state index is 0.0484. The summed E-state index contributed by atoms with van der Waals surface area (Å²) in [6, 6.07) is 10.7. The highest BCUT2D eigenvalue weighted by Gasteiger charge is 2.25. The molecular formula is C21H22Cl2N2O5S. The van der Waals surface area contributed by atoms with E-state index in [9.17, 15) is 18.0 Å². The van der Waals surface area contributed by atoms with Crippen molar-refractivity contribution in [3.05, 3.63) is 58.1 Å². The number of halogens is 2. The van der Waals surface area contributed by atoms with Gasteiger partial charge in [-0.05, 0) is 54.8 Å². The number of nitrogens with one attached hydrogen (secondary N) is 1. The van der Waals surface area contributed by atoms with Crippen LogP contribution in [0.15, 0.2) is 47.4 Å². The van der Waals surface area contributed by atoms with Gasteiger partial charge >= 0.3 is 5.97 Å². The van der Waals surface area contributed by atoms with E-state index in [1.165, 1.54) is 28.6 Å². The molecule has 1 aliphatic heterocycles. The van der Waals surface area contributed by atoms with Crippen LogP contribution in [-0.4, -0.2) is 44.3 Å². The van der Waals surface area contributed by atoms with E-state index < -0.39 is 28.5 Å². The van der Waals surface area contributed by atoms with Crippen molar-refractivity contribution >= 4 is 50.8 Å². The molecular weight excluding hydrogens is 463 g/mol. The topological polar surface area (TPSA) is 92.8 Å². The third-order valence-electron chi connectivity index (χ3n) is 4.79. The SMILES string of the molecule is O=C(COC(=O)Cc1ccc(Cl)c(Cl)c1)Nc1ccc(S(=O)(=O)N2CCCCC2)cc1. The molecule has 0 atom stereocenters. The summed E-state index contributed by atoms with van der Waals surface area (Å²) in [5.74, 6) is -1.12. The van der Waals surface area contributed by atoms with Gasteiger partial charge in [0.05, 0.1) is 21.4 Å². The molecule has 0 saturated carbocycles. The van der Waals surface area contributed by atoms with Crippen molar-refractivity contribution in [3.63, 3.8) is 0 Å². The molecule has 0 radical (unpaired) electrons. The molecule has 0 spiro atoms. The average Bonchev–Trinajstić information content (AvgIpc) is 2.76. The van der Waals surface area contributed by atoms with Gasteiger partial charge in [0.15, 0.2) is 6.61 Å². The van der Waals surface area contributed by atoms with Gasteiger partial charge in [-0.1, -0.05) is 35.7 Å². The van der Waals surface area contributed by atoms with E-state index >= 15 is 0 Å². The van der Waals surface area contributed by atoms with Gasteiger partial charge < -0.3 is 10.1 Å². The second kappa shape index (κ2) is 10.5. The van der Waals surface area contributed by atoms with E-state index in [0.29, 0.717) is 34.4 Å². The Labute approximate surface area is 191 Å². The highest BCUT2D eigenvalue weighted by Crippen LogP contribution is 2.23. The molecule has 166 valence electrons. The number of ether oxygens (including phenoxy) is 1. The Morgan fingerprint density at radius 1 is 0.968 bits per heavy atom. The molecule has 2 aromatic rings. The second-order valence-electron chi connectivity index (χ2n) is 7.12. The van der Waals surface area contributed by atoms with Crippen molar-refractivity contribution in [2.24, 2.45) is 0 Å². The molecule has 7 nitrogen and oxygen atoms in total. The van der Waals surface area contributed by atoms with Crippen molar-refractivity contribution < 1.29 is 22.7 Å². The summed E-state index contributed by atoms with van der Waals surface area (Å²) in [5, 5.41) is 3.28. The Hall–Kier alpha value is -2.13. The van der Waals surface area contributed by atoms with E-state index in [0.717, 1.165) is 19.3 Å². The van der Waals surface area contributed by atoms with E-state index in [-0.39, 0.29) is 11.3 Å². The Balaban J connectivity index is 1.50. The lowest BCUT2D eigenvalue weighted by molar-refractivity contribution is -0.146. The fourth-order valence-corrected chi connectivity index (χ4v) is 5.01. The number of hydrogen-bond donors (Lipinski definition) is 1. The molecule has 1 N–H and O–H groups in total. The number of amides is 1. The zero-order valence-electron chi connectivity index (χ0n) is 16.6. The van der Waals surface area contributed by atoms with Crippen LogP contribution in [0.2, 0.25) is 10.0 Å². The Morgan fingerprint density at radius 3 is 2.29 bits per heavy atom. The fraction of sp³-hybridized carbons (Fsp3) is 0.333. The van der Waals surface area contributed by atoms with Gasteiger partial charge in [0, 0.05) is 18.8 Å². The van der Waals surface area contributed by atoms with Crippen molar-refractivity contribution in [1.29, 1.82) is 0 Å². The third-order valence-corrected chi connectivity index (χ3v) is 7.44. The number of esters is 1. The summed E-state index contributed by atoms with van der Waals surface area (Å²) >= 11 is 11.7. The average molecular weight is 485 g/mol. The van der Waals surface area contributed by atoms with Gasteiger partial charge in [-0.15, -0.1) is 0 Å². The summed E-state index contributed by atoms with van der Waals surface area (Å²) in [4.78, 5) is 24.1. The van der Waals surface area contributed by atoms with Crippen LogP contribution in [0.1, 0.15) is 24.8 Å². The van der Waals surface area contributed by atoms with Crippen LogP contribution in [0.3, 0.4) is 0 Å². The molecule has 0 bridgehead atoms. The number of rotatable bonds is 7. The van der Waals surface area contributed by atoms with E-state index in [4.69, 9.17) is 27.9 Å². The van der Waals surface area contributed by atoms with Crippen molar-refractivity contribution in [1.82, 2.24) is 4.31 Å². The maximum absolute atomic E-state index is 12.7. The van der Waals surface area contributed by atoms with E-state index in [2.05, 4.69) is 5.32 Å². The van der Waals surface area contributed by atoms with Crippen molar-refractivity contribution in [2.75, 3.05) is 25.0 Å². The number of nitrogens with zero attached hydrogens (tertiary/aromatic N) is 1. The number of carbonyl (C=O) groups excluding carboxylic acids is 2. The van der Waals surface area contributed by atoms with Crippen LogP contribution < -0.4 is 5.32 Å². The Kier molecular flexibility index (Phi) is 7.94. The lowest BCUT2D eigenvalue weighted by Gasteiger charge is -2.25. The number of sulfonamides is 1. The molecule has 3 rings (SSSR count). The molecule has 1 saturated heterocycles. The fourth-order valence-electron chi connectivity index (χ4n) is 3.17. The molecule has 10 heteroatoms. The van der Waals surface area contributed by atoms with Crippen LogP contribution in [0.4, 0.5) is 5.69 Å². The third kappa shape index (κ3) is 6.43. The minimum Gasteiger partial charge on any atom is -0.455 e. The Morgan fingerprint density at radius 2 is 1.65 bits per heavy atom. The second-order valence-corrected chi connectivity index (χ2v) is 9.88. The van der Waals surface area contributed by atoms with Gasteiger partial charge in [0.2, 0.25) is 10.0 Å². The van der Waals surface area contributed by atoms with Crippen LogP contribution >= 0.6 is 23.2 Å². The van der Waals surface area contributed by atoms with Crippen molar-refractivity contribution in [3.8, 4) is 0 Å². The summed E-state index contributed by atoms with van der Waals surface area (Å²) in [5.41, 5.74) is 1.02. The number of carbonyl (C=O) groups is 2. The van der Waals surface area contributed by atoms with E-state index in [1.54, 1.807) is 18.2 Å². The molecule has 0 aromatic heterocycles. The number of hydrogen-bond acceptors (Lipinski definition) is 5. The molecule has 1 fully saturated rings. The summed E-state index contributed by atoms with van der Waals surface area (Å²) in [7, 11) is -3.53. The molecule has 1 aliphatic rings. The van der Waals surface area contributed by atoms with Crippen LogP contribution in [0.25, 0.3) is 0 Å². The Bertz CT molecular complexity index is 1050. The van der Waals surface area contributed by atoms with Crippen LogP contribution in [0.5, 0.6) is 0 Å². The molecule has 2 aromatic carbocycles. The first kappa shape index (κ1) is 23.5. The largest absolute Gasteiger partial charge is 0.455 e. The lowest BCUT2D eigenvalue weighted by atomic mass is 10.1. The standard InChI is InChI=1S/C21H22Cl2N2O5S/c22-18-9-4-15(12-19(18)23)13-21(27)30-14-20(26)24-16-5-7-17(8-6-16)31(28,29)25-10-2-1-3-11-25/h4-9,12H,1-3,10-11,13-14H2,(H,24,26). The highest BCUT2D eigenvalue weighted by atomic mass is 35.5. The minimum atomic E-state index is -3.53. The van der Waals surface area contributed by atoms with Gasteiger partial charge in [0.25, 0.3) is 5.91 Å². The van der Waals surface area contributed by atoms with Crippen LogP contribution in [0, 0.1) is 0 Å². The lowest BCUT2D eigenvalue weighted by Crippen LogP contribution is -2.35. The summed E-state index contributed by atoms with van der Waals surface area (Å²) in [6.45, 7) is 0.580.